The molecule has 0 bridgehead atoms. The number of nitrogens with one attached hydrogen (secondary N) is 2. The minimum absolute atomic E-state index is 0.206. The number of carbonyl (C=O) groups excluding carboxylic acids is 2. The van der Waals surface area contributed by atoms with Gasteiger partial charge in [-0.2, -0.15) is 0 Å². The van der Waals surface area contributed by atoms with Crippen LogP contribution in [-0.4, -0.2) is 31.1 Å². The van der Waals surface area contributed by atoms with E-state index in [0.29, 0.717) is 19.1 Å². The van der Waals surface area contributed by atoms with Crippen LogP contribution in [0.1, 0.15) is 51.9 Å². The van der Waals surface area contributed by atoms with Gasteiger partial charge in [-0.15, -0.1) is 0 Å². The van der Waals surface area contributed by atoms with E-state index in [1.807, 2.05) is 6.92 Å². The minimum Gasteiger partial charge on any atom is -0.338 e. The summed E-state index contributed by atoms with van der Waals surface area (Å²) in [6.07, 6.45) is 8.89. The van der Waals surface area contributed by atoms with E-state index < -0.39 is 6.03 Å². The van der Waals surface area contributed by atoms with Gasteiger partial charge >= 0.3 is 6.03 Å². The third kappa shape index (κ3) is 6.59. The average molecular weight is 256 g/mol. The molecule has 1 aliphatic carbocycles. The molecule has 1 saturated carbocycles. The predicted octanol–water partition coefficient (Wildman–Crippen LogP) is 0.508. The highest BCUT2D eigenvalue weighted by molar-refractivity contribution is 5.94. The molecule has 5 nitrogen and oxygen atoms in total. The van der Waals surface area contributed by atoms with Gasteiger partial charge in [0.1, 0.15) is 0 Å². The predicted molar refractivity (Wildman–Crippen MR) is 70.1 cm³/mol. The SMILES string of the molecule is CCNC(=O)NC(=O)C[NH2+]C1CCCCCCC1. The van der Waals surface area contributed by atoms with Gasteiger partial charge in [0.15, 0.2) is 6.54 Å². The highest BCUT2D eigenvalue weighted by atomic mass is 16.2. The van der Waals surface area contributed by atoms with Crippen molar-refractivity contribution in [2.75, 3.05) is 13.1 Å². The molecule has 1 fully saturated rings. The van der Waals surface area contributed by atoms with E-state index in [4.69, 9.17) is 0 Å². The van der Waals surface area contributed by atoms with Crippen molar-refractivity contribution in [3.63, 3.8) is 0 Å². The van der Waals surface area contributed by atoms with Crippen LogP contribution >= 0.6 is 0 Å². The molecule has 0 aliphatic heterocycles. The Kier molecular flexibility index (Phi) is 7.41. The Bertz CT molecular complexity index is 261. The first-order valence-corrected chi connectivity index (χ1v) is 7.13. The van der Waals surface area contributed by atoms with Crippen molar-refractivity contribution in [1.29, 1.82) is 0 Å². The van der Waals surface area contributed by atoms with Gasteiger partial charge in [-0.1, -0.05) is 19.3 Å². The number of urea groups is 1. The minimum atomic E-state index is -0.395. The number of amides is 3. The third-order valence-electron chi connectivity index (χ3n) is 3.38. The number of hydrogen-bond donors (Lipinski definition) is 3. The van der Waals surface area contributed by atoms with Crippen LogP contribution in [0, 0.1) is 0 Å². The molecule has 0 atom stereocenters. The lowest BCUT2D eigenvalue weighted by molar-refractivity contribution is -0.680. The van der Waals surface area contributed by atoms with Gasteiger partial charge in [-0.3, -0.25) is 10.1 Å². The Morgan fingerprint density at radius 1 is 1.11 bits per heavy atom. The van der Waals surface area contributed by atoms with E-state index in [2.05, 4.69) is 16.0 Å². The molecule has 0 saturated heterocycles. The molecule has 0 aromatic heterocycles. The first-order chi connectivity index (χ1) is 8.72. The van der Waals surface area contributed by atoms with Crippen LogP contribution in [0.3, 0.4) is 0 Å². The molecule has 5 heteroatoms. The van der Waals surface area contributed by atoms with Crippen LogP contribution in [0.2, 0.25) is 0 Å². The molecule has 0 radical (unpaired) electrons. The van der Waals surface area contributed by atoms with Gasteiger partial charge in [-0.25, -0.2) is 4.79 Å². The standard InChI is InChI=1S/C13H25N3O2/c1-2-14-13(18)16-12(17)10-15-11-8-6-4-3-5-7-9-11/h11,15H,2-10H2,1H3,(H2,14,16,17,18)/p+1. The Morgan fingerprint density at radius 3 is 2.33 bits per heavy atom. The quantitative estimate of drug-likeness (QED) is 0.685. The second-order valence-corrected chi connectivity index (χ2v) is 4.95. The molecule has 18 heavy (non-hydrogen) atoms. The molecule has 104 valence electrons. The molecule has 0 spiro atoms. The lowest BCUT2D eigenvalue weighted by atomic mass is 9.97. The van der Waals surface area contributed by atoms with Gasteiger partial charge in [0.2, 0.25) is 0 Å². The van der Waals surface area contributed by atoms with E-state index in [1.54, 1.807) is 0 Å². The van der Waals surface area contributed by atoms with Crippen molar-refractivity contribution >= 4 is 11.9 Å². The molecule has 4 N–H and O–H groups in total. The molecule has 1 aliphatic rings. The maximum absolute atomic E-state index is 11.5. The van der Waals surface area contributed by atoms with Crippen LogP contribution in [0.15, 0.2) is 0 Å². The molecule has 1 rings (SSSR count). The van der Waals surface area contributed by atoms with E-state index in [0.717, 1.165) is 0 Å². The fourth-order valence-corrected chi connectivity index (χ4v) is 2.38. The molecule has 0 aromatic rings. The van der Waals surface area contributed by atoms with E-state index in [1.165, 1.54) is 44.9 Å². The largest absolute Gasteiger partial charge is 0.338 e. The van der Waals surface area contributed by atoms with Crippen LogP contribution in [0.4, 0.5) is 4.79 Å². The lowest BCUT2D eigenvalue weighted by Crippen LogP contribution is -2.92. The van der Waals surface area contributed by atoms with Crippen molar-refractivity contribution in [3.8, 4) is 0 Å². The van der Waals surface area contributed by atoms with Crippen LogP contribution in [0.25, 0.3) is 0 Å². The molecular weight excluding hydrogens is 230 g/mol. The average Bonchev–Trinajstić information content (AvgIpc) is 2.27. The first-order valence-electron chi connectivity index (χ1n) is 7.13. The van der Waals surface area contributed by atoms with E-state index in [-0.39, 0.29) is 5.91 Å². The second-order valence-electron chi connectivity index (χ2n) is 4.95. The fourth-order valence-electron chi connectivity index (χ4n) is 2.38. The van der Waals surface area contributed by atoms with Crippen molar-refractivity contribution in [3.05, 3.63) is 0 Å². The lowest BCUT2D eigenvalue weighted by Gasteiger charge is -2.17. The summed E-state index contributed by atoms with van der Waals surface area (Å²) < 4.78 is 0. The van der Waals surface area contributed by atoms with Crippen LogP contribution in [0.5, 0.6) is 0 Å². The van der Waals surface area contributed by atoms with E-state index >= 15 is 0 Å². The smallest absolute Gasteiger partial charge is 0.321 e. The number of quaternary nitrogens is 1. The summed E-state index contributed by atoms with van der Waals surface area (Å²) in [7, 11) is 0. The van der Waals surface area contributed by atoms with Gasteiger partial charge in [0, 0.05) is 6.54 Å². The monoisotopic (exact) mass is 256 g/mol. The summed E-state index contributed by atoms with van der Waals surface area (Å²) in [6.45, 7) is 2.71. The highest BCUT2D eigenvalue weighted by Crippen LogP contribution is 2.14. The summed E-state index contributed by atoms with van der Waals surface area (Å²) in [5.41, 5.74) is 0. The summed E-state index contributed by atoms with van der Waals surface area (Å²) >= 11 is 0. The first kappa shape index (κ1) is 15.0. The van der Waals surface area contributed by atoms with Gasteiger partial charge in [0.25, 0.3) is 5.91 Å². The van der Waals surface area contributed by atoms with Crippen LogP contribution in [-0.2, 0) is 4.79 Å². The molecule has 0 unspecified atom stereocenters. The Balaban J connectivity index is 2.17. The van der Waals surface area contributed by atoms with Crippen molar-refractivity contribution in [1.82, 2.24) is 10.6 Å². The maximum atomic E-state index is 11.5. The summed E-state index contributed by atoms with van der Waals surface area (Å²) in [6, 6.07) is 0.152. The zero-order valence-corrected chi connectivity index (χ0v) is 11.3. The zero-order valence-electron chi connectivity index (χ0n) is 11.3. The Labute approximate surface area is 109 Å². The normalized spacial score (nSPS) is 17.6. The molecule has 0 aromatic carbocycles. The number of rotatable bonds is 4. The number of hydrogen-bond acceptors (Lipinski definition) is 2. The summed E-state index contributed by atoms with van der Waals surface area (Å²) in [4.78, 5) is 22.7. The summed E-state index contributed by atoms with van der Waals surface area (Å²) in [5.74, 6) is -0.206. The zero-order chi connectivity index (χ0) is 13.2. The third-order valence-corrected chi connectivity index (χ3v) is 3.38. The topological polar surface area (TPSA) is 74.8 Å². The van der Waals surface area contributed by atoms with Gasteiger partial charge < -0.3 is 10.6 Å². The van der Waals surface area contributed by atoms with E-state index in [9.17, 15) is 9.59 Å². The van der Waals surface area contributed by atoms with Crippen molar-refractivity contribution in [2.24, 2.45) is 0 Å². The second kappa shape index (κ2) is 8.91. The maximum Gasteiger partial charge on any atom is 0.321 e. The van der Waals surface area contributed by atoms with Gasteiger partial charge in [0.05, 0.1) is 6.04 Å². The van der Waals surface area contributed by atoms with Crippen LogP contribution < -0.4 is 16.0 Å². The molecule has 0 heterocycles. The van der Waals surface area contributed by atoms with Crippen molar-refractivity contribution < 1.29 is 14.9 Å². The fraction of sp³-hybridized carbons (Fsp3) is 0.846. The highest BCUT2D eigenvalue weighted by Gasteiger charge is 2.16. The number of nitrogens with two attached hydrogens (primary N) is 1. The molecule has 3 amide bonds. The summed E-state index contributed by atoms with van der Waals surface area (Å²) in [5, 5.41) is 6.96. The Hall–Kier alpha value is -1.10. The number of imide groups is 1. The Morgan fingerprint density at radius 2 is 1.72 bits per heavy atom. The molecular formula is C13H26N3O2+. The number of carbonyl (C=O) groups is 2. The van der Waals surface area contributed by atoms with Gasteiger partial charge in [-0.05, 0) is 32.6 Å². The van der Waals surface area contributed by atoms with Crippen molar-refractivity contribution in [2.45, 2.75) is 57.9 Å².